The first-order valence-corrected chi connectivity index (χ1v) is 8.15. The molecule has 0 atom stereocenters. The zero-order chi connectivity index (χ0) is 17.0. The van der Waals surface area contributed by atoms with Gasteiger partial charge < -0.3 is 9.47 Å². The highest BCUT2D eigenvalue weighted by molar-refractivity contribution is 7.92. The molecule has 0 unspecified atom stereocenters. The SMILES string of the molecule is COc1cc(C)c(NS(=O)(=O)c2ccc(C#N)cc2)cc1OC. The quantitative estimate of drug-likeness (QED) is 0.909. The van der Waals surface area contributed by atoms with E-state index in [1.807, 2.05) is 6.07 Å². The predicted octanol–water partition coefficient (Wildman–Crippen LogP) is 2.68. The van der Waals surface area contributed by atoms with Crippen LogP contribution < -0.4 is 14.2 Å². The molecule has 0 saturated heterocycles. The summed E-state index contributed by atoms with van der Waals surface area (Å²) in [5.74, 6) is 0.946. The molecular weight excluding hydrogens is 316 g/mol. The van der Waals surface area contributed by atoms with Crippen LogP contribution in [0.15, 0.2) is 41.3 Å². The van der Waals surface area contributed by atoms with Gasteiger partial charge in [0.1, 0.15) is 0 Å². The van der Waals surface area contributed by atoms with Crippen molar-refractivity contribution in [3.63, 3.8) is 0 Å². The number of nitrogens with one attached hydrogen (secondary N) is 1. The number of ether oxygens (including phenoxy) is 2. The first-order valence-electron chi connectivity index (χ1n) is 6.67. The summed E-state index contributed by atoms with van der Waals surface area (Å²) < 4.78 is 37.8. The van der Waals surface area contributed by atoms with Crippen LogP contribution in [-0.2, 0) is 10.0 Å². The molecule has 6 nitrogen and oxygen atoms in total. The third-order valence-corrected chi connectivity index (χ3v) is 4.65. The number of anilines is 1. The normalized spacial score (nSPS) is 10.7. The number of nitriles is 1. The zero-order valence-corrected chi connectivity index (χ0v) is 13.8. The Morgan fingerprint density at radius 1 is 1.04 bits per heavy atom. The number of hydrogen-bond acceptors (Lipinski definition) is 5. The van der Waals surface area contributed by atoms with Crippen LogP contribution >= 0.6 is 0 Å². The summed E-state index contributed by atoms with van der Waals surface area (Å²) in [6.07, 6.45) is 0. The summed E-state index contributed by atoms with van der Waals surface area (Å²) in [6, 6.07) is 10.9. The van der Waals surface area contributed by atoms with E-state index in [2.05, 4.69) is 4.72 Å². The Bertz CT molecular complexity index is 853. The van der Waals surface area contributed by atoms with Gasteiger partial charge >= 0.3 is 0 Å². The topological polar surface area (TPSA) is 88.4 Å². The van der Waals surface area contributed by atoms with E-state index in [0.717, 1.165) is 0 Å². The lowest BCUT2D eigenvalue weighted by molar-refractivity contribution is 0.355. The van der Waals surface area contributed by atoms with Crippen molar-refractivity contribution in [2.75, 3.05) is 18.9 Å². The lowest BCUT2D eigenvalue weighted by Crippen LogP contribution is -2.14. The van der Waals surface area contributed by atoms with Gasteiger partial charge in [0.15, 0.2) is 11.5 Å². The maximum Gasteiger partial charge on any atom is 0.261 e. The lowest BCUT2D eigenvalue weighted by Gasteiger charge is -2.14. The molecule has 0 amide bonds. The summed E-state index contributed by atoms with van der Waals surface area (Å²) in [5.41, 5.74) is 1.48. The number of hydrogen-bond donors (Lipinski definition) is 1. The van der Waals surface area contributed by atoms with Crippen LogP contribution in [0.3, 0.4) is 0 Å². The molecular formula is C16H16N2O4S. The maximum absolute atomic E-state index is 12.4. The van der Waals surface area contributed by atoms with Crippen LogP contribution in [0, 0.1) is 18.3 Å². The minimum Gasteiger partial charge on any atom is -0.493 e. The molecule has 7 heteroatoms. The Hall–Kier alpha value is -2.72. The fraction of sp³-hybridized carbons (Fsp3) is 0.188. The summed E-state index contributed by atoms with van der Waals surface area (Å²) in [5, 5.41) is 8.77. The molecule has 23 heavy (non-hydrogen) atoms. The lowest BCUT2D eigenvalue weighted by atomic mass is 10.2. The zero-order valence-electron chi connectivity index (χ0n) is 13.0. The second kappa shape index (κ2) is 6.58. The van der Waals surface area contributed by atoms with Crippen molar-refractivity contribution >= 4 is 15.7 Å². The molecule has 0 spiro atoms. The standard InChI is InChI=1S/C16H16N2O4S/c1-11-8-15(21-2)16(22-3)9-14(11)18-23(19,20)13-6-4-12(10-17)5-7-13/h4-9,18H,1-3H3. The van der Waals surface area contributed by atoms with Gasteiger partial charge in [-0.05, 0) is 42.8 Å². The van der Waals surface area contributed by atoms with Gasteiger partial charge in [-0.3, -0.25) is 4.72 Å². The molecule has 0 heterocycles. The van der Waals surface area contributed by atoms with Crippen LogP contribution in [0.4, 0.5) is 5.69 Å². The Morgan fingerprint density at radius 2 is 1.61 bits per heavy atom. The summed E-state index contributed by atoms with van der Waals surface area (Å²) in [7, 11) is -0.771. The van der Waals surface area contributed by atoms with Crippen LogP contribution in [0.5, 0.6) is 11.5 Å². The molecule has 2 aromatic carbocycles. The summed E-state index contributed by atoms with van der Waals surface area (Å²) in [4.78, 5) is 0.0747. The molecule has 120 valence electrons. The molecule has 2 rings (SSSR count). The molecule has 0 aromatic heterocycles. The van der Waals surface area contributed by atoms with E-state index >= 15 is 0 Å². The average molecular weight is 332 g/mol. The smallest absolute Gasteiger partial charge is 0.261 e. The highest BCUT2D eigenvalue weighted by Crippen LogP contribution is 2.33. The third kappa shape index (κ3) is 3.55. The van der Waals surface area contributed by atoms with Crippen molar-refractivity contribution in [3.8, 4) is 17.6 Å². The molecule has 2 aromatic rings. The van der Waals surface area contributed by atoms with Crippen LogP contribution in [0.1, 0.15) is 11.1 Å². The van der Waals surface area contributed by atoms with Crippen molar-refractivity contribution in [3.05, 3.63) is 47.5 Å². The van der Waals surface area contributed by atoms with Gasteiger partial charge in [-0.1, -0.05) is 0 Å². The summed E-state index contributed by atoms with van der Waals surface area (Å²) >= 11 is 0. The van der Waals surface area contributed by atoms with Gasteiger partial charge in [0, 0.05) is 6.07 Å². The Balaban J connectivity index is 2.38. The molecule has 0 aliphatic rings. The predicted molar refractivity (Wildman–Crippen MR) is 86.2 cm³/mol. The van der Waals surface area contributed by atoms with Gasteiger partial charge in [0.2, 0.25) is 0 Å². The molecule has 0 aliphatic heterocycles. The molecule has 0 aliphatic carbocycles. The summed E-state index contributed by atoms with van der Waals surface area (Å²) in [6.45, 7) is 1.76. The fourth-order valence-corrected chi connectivity index (χ4v) is 3.12. The molecule has 0 bridgehead atoms. The van der Waals surface area contributed by atoms with Crippen molar-refractivity contribution in [2.24, 2.45) is 0 Å². The molecule has 0 radical (unpaired) electrons. The Morgan fingerprint density at radius 3 is 2.13 bits per heavy atom. The Labute approximate surface area is 135 Å². The first-order chi connectivity index (χ1) is 10.9. The molecule has 0 saturated carbocycles. The first kappa shape index (κ1) is 16.6. The van der Waals surface area contributed by atoms with E-state index in [1.165, 1.54) is 38.5 Å². The second-order valence-corrected chi connectivity index (χ2v) is 6.45. The van der Waals surface area contributed by atoms with Gasteiger partial charge in [-0.25, -0.2) is 8.42 Å². The van der Waals surface area contributed by atoms with Crippen molar-refractivity contribution in [1.29, 1.82) is 5.26 Å². The average Bonchev–Trinajstić information content (AvgIpc) is 2.56. The van der Waals surface area contributed by atoms with Crippen molar-refractivity contribution < 1.29 is 17.9 Å². The highest BCUT2D eigenvalue weighted by atomic mass is 32.2. The minimum atomic E-state index is -3.76. The van der Waals surface area contributed by atoms with Crippen molar-refractivity contribution in [1.82, 2.24) is 0 Å². The van der Waals surface area contributed by atoms with Crippen LogP contribution in [-0.4, -0.2) is 22.6 Å². The molecule has 1 N–H and O–H groups in total. The fourth-order valence-electron chi connectivity index (χ4n) is 2.00. The number of nitrogens with zero attached hydrogens (tertiary/aromatic N) is 1. The van der Waals surface area contributed by atoms with E-state index < -0.39 is 10.0 Å². The monoisotopic (exact) mass is 332 g/mol. The van der Waals surface area contributed by atoms with Crippen molar-refractivity contribution in [2.45, 2.75) is 11.8 Å². The molecule has 0 fully saturated rings. The van der Waals surface area contributed by atoms with Crippen LogP contribution in [0.25, 0.3) is 0 Å². The number of benzene rings is 2. The van der Waals surface area contributed by atoms with E-state index in [-0.39, 0.29) is 4.90 Å². The largest absolute Gasteiger partial charge is 0.493 e. The Kier molecular flexibility index (Phi) is 4.77. The van der Waals surface area contributed by atoms with E-state index in [4.69, 9.17) is 14.7 Å². The van der Waals surface area contributed by atoms with Gasteiger partial charge in [-0.2, -0.15) is 5.26 Å². The van der Waals surface area contributed by atoms with Crippen LogP contribution in [0.2, 0.25) is 0 Å². The highest BCUT2D eigenvalue weighted by Gasteiger charge is 2.17. The van der Waals surface area contributed by atoms with E-state index in [9.17, 15) is 8.42 Å². The number of sulfonamides is 1. The number of rotatable bonds is 5. The maximum atomic E-state index is 12.4. The third-order valence-electron chi connectivity index (χ3n) is 3.27. The van der Waals surface area contributed by atoms with E-state index in [1.54, 1.807) is 19.1 Å². The van der Waals surface area contributed by atoms with E-state index in [0.29, 0.717) is 28.3 Å². The number of methoxy groups -OCH3 is 2. The minimum absolute atomic E-state index is 0.0747. The second-order valence-electron chi connectivity index (χ2n) is 4.76. The van der Waals surface area contributed by atoms with Gasteiger partial charge in [0.25, 0.3) is 10.0 Å². The van der Waals surface area contributed by atoms with Gasteiger partial charge in [-0.15, -0.1) is 0 Å². The number of aryl methyl sites for hydroxylation is 1. The van der Waals surface area contributed by atoms with Gasteiger partial charge in [0.05, 0.1) is 36.4 Å².